The van der Waals surface area contributed by atoms with Gasteiger partial charge in [0.1, 0.15) is 64.4 Å². The largest absolute Gasteiger partial charge is 0.489 e. The monoisotopic (exact) mass is 1600 g/mol. The number of ether oxygens (including phenoxy) is 8. The first kappa shape index (κ1) is 83.4. The van der Waals surface area contributed by atoms with Crippen LogP contribution in [-0.4, -0.2) is 64.2 Å². The fraction of sp³-hybridized carbons (Fsp3) is 0.155. The minimum atomic E-state index is -0.867. The Morgan fingerprint density at radius 3 is 0.543 bits per heavy atom. The van der Waals surface area contributed by atoms with E-state index in [-0.39, 0.29) is 98.9 Å². The maximum absolute atomic E-state index is 11.8. The van der Waals surface area contributed by atoms with Gasteiger partial charge >= 0.3 is 34.1 Å². The summed E-state index contributed by atoms with van der Waals surface area (Å²) in [5.41, 5.74) is -2.55. The minimum absolute atomic E-state index is 0.100. The molecule has 0 radical (unpaired) electrons. The SMILES string of the molecule is CCc1cc(COc2ccc([N+](=O)[O-])cc2[N+](=O)[O-])cc(COc2ccc([N+](=O)[O-])cc2[N+](=O)[O-])c1.O=[N+]([O-])c1ccc(OCc2cc(COc3cc(CO)cc(OCc4cc(COc5ccc([N+](=O)[O-])cc5[N+](=O)[O-])cc(COc5ccc([N+](=O)[O-])cc5[N+](=O)[O-])c4)c3)cc(COc3ccc([N+](=O)[O-])cc3[N+](=O)[O-])c2)c([N+](=O)[O-])c1. The molecule has 0 amide bonds. The van der Waals surface area contributed by atoms with Crippen LogP contribution in [0.4, 0.5) is 68.2 Å². The molecule has 0 spiro atoms. The third-order valence-electron chi connectivity index (χ3n) is 16.1. The number of non-ortho nitro benzene ring substituents is 6. The molecule has 0 atom stereocenters. The van der Waals surface area contributed by atoms with Crippen LogP contribution in [0.5, 0.6) is 46.0 Å². The number of aryl methyl sites for hydroxylation is 1. The second kappa shape index (κ2) is 37.7. The van der Waals surface area contributed by atoms with Crippen LogP contribution in [-0.2, 0) is 65.9 Å². The Kier molecular flexibility index (Phi) is 27.1. The maximum atomic E-state index is 11.8. The zero-order valence-corrected chi connectivity index (χ0v) is 59.3. The van der Waals surface area contributed by atoms with Gasteiger partial charge in [-0.2, -0.15) is 0 Å². The molecular weight excluding hydrogens is 1550 g/mol. The number of hydrogen-bond donors (Lipinski definition) is 1. The summed E-state index contributed by atoms with van der Waals surface area (Å²) in [6.45, 7) is -0.779. The molecule has 0 bridgehead atoms. The van der Waals surface area contributed by atoms with Crippen molar-refractivity contribution >= 4 is 68.2 Å². The standard InChI is InChI=1S/C49H36N8O23.C22H18N4O10/c58-22-29-15-40(75-23-30-9-32(25-77-46-5-1-36(50(59)60)17-42(46)54(67)68)13-33(10-30)26-78-47-6-2-37(51(61)62)18-43(47)55(69)70)21-41(16-29)76-24-31-11-34(27-79-48-7-3-38(52(63)64)19-44(48)56(71)72)14-35(12-31)28-80-49-8-4-39(53(65)66)20-45(49)57(73)74;1-2-14-7-15(12-35-21-5-3-17(23(27)28)10-19(21)25(31)32)9-16(8-14)13-36-22-6-4-18(24(29)30)11-20(22)26(33)34/h1-21,58H,22-28H2;3-11H,2,12-13H2,1H3. The first-order valence-electron chi connectivity index (χ1n) is 32.9. The Bertz CT molecular complexity index is 5070. The first-order valence-corrected chi connectivity index (χ1v) is 32.9. The normalized spacial score (nSPS) is 10.6. The number of nitro groups is 12. The van der Waals surface area contributed by atoms with Gasteiger partial charge in [0, 0.05) is 42.5 Å². The molecule has 1 N–H and O–H groups in total. The number of benzene rings is 10. The van der Waals surface area contributed by atoms with Gasteiger partial charge in [-0.25, -0.2) is 0 Å². The summed E-state index contributed by atoms with van der Waals surface area (Å²) < 4.78 is 46.3. The van der Waals surface area contributed by atoms with E-state index in [0.29, 0.717) is 56.5 Å². The molecule has 0 aliphatic rings. The van der Waals surface area contributed by atoms with Crippen molar-refractivity contribution in [2.75, 3.05) is 0 Å². The Morgan fingerprint density at radius 2 is 0.388 bits per heavy atom. The van der Waals surface area contributed by atoms with E-state index in [2.05, 4.69) is 0 Å². The van der Waals surface area contributed by atoms with E-state index in [9.17, 15) is 126 Å². The van der Waals surface area contributed by atoms with Crippen molar-refractivity contribution in [3.8, 4) is 46.0 Å². The van der Waals surface area contributed by atoms with Crippen molar-refractivity contribution < 1.29 is 102 Å². The third-order valence-corrected chi connectivity index (χ3v) is 16.1. The van der Waals surface area contributed by atoms with Crippen LogP contribution in [0.25, 0.3) is 0 Å². The van der Waals surface area contributed by atoms with Crippen molar-refractivity contribution in [1.29, 1.82) is 0 Å². The van der Waals surface area contributed by atoms with E-state index in [1.165, 1.54) is 30.3 Å². The van der Waals surface area contributed by atoms with Crippen LogP contribution < -0.4 is 37.9 Å². The van der Waals surface area contributed by atoms with E-state index in [1.54, 1.807) is 42.5 Å². The molecule has 0 heterocycles. The number of aliphatic hydroxyl groups is 1. The van der Waals surface area contributed by atoms with E-state index < -0.39 is 134 Å². The first-order chi connectivity index (χ1) is 55.2. The molecule has 0 fully saturated rings. The lowest BCUT2D eigenvalue weighted by Gasteiger charge is -2.15. The second-order valence-corrected chi connectivity index (χ2v) is 24.1. The predicted octanol–water partition coefficient (Wildman–Crippen LogP) is 15.0. The summed E-state index contributed by atoms with van der Waals surface area (Å²) >= 11 is 0. The predicted molar refractivity (Wildman–Crippen MR) is 394 cm³/mol. The average molecular weight is 1600 g/mol. The Morgan fingerprint density at radius 1 is 0.216 bits per heavy atom. The molecule has 0 saturated heterocycles. The highest BCUT2D eigenvalue weighted by Crippen LogP contribution is 2.39. The van der Waals surface area contributed by atoms with Gasteiger partial charge in [-0.05, 0) is 153 Å². The molecular formula is C71H54N12O33. The third kappa shape index (κ3) is 22.3. The second-order valence-electron chi connectivity index (χ2n) is 24.1. The van der Waals surface area contributed by atoms with Gasteiger partial charge in [0.2, 0.25) is 0 Å². The van der Waals surface area contributed by atoms with Crippen molar-refractivity contribution in [3.05, 3.63) is 359 Å². The molecule has 116 heavy (non-hydrogen) atoms. The fourth-order valence-corrected chi connectivity index (χ4v) is 10.9. The topological polar surface area (TPSA) is 612 Å². The van der Waals surface area contributed by atoms with Crippen molar-refractivity contribution in [2.24, 2.45) is 0 Å². The summed E-state index contributed by atoms with van der Waals surface area (Å²) in [5, 5.41) is 147. The van der Waals surface area contributed by atoms with Crippen LogP contribution in [0.3, 0.4) is 0 Å². The molecule has 10 rings (SSSR count). The van der Waals surface area contributed by atoms with Gasteiger partial charge in [0.15, 0.2) is 34.5 Å². The Labute approximate surface area is 646 Å². The van der Waals surface area contributed by atoms with Gasteiger partial charge in [-0.1, -0.05) is 19.1 Å². The molecule has 0 unspecified atom stereocenters. The molecule has 45 heteroatoms. The van der Waals surface area contributed by atoms with E-state index in [1.807, 2.05) is 6.92 Å². The number of aliphatic hydroxyl groups excluding tert-OH is 1. The summed E-state index contributed by atoms with van der Waals surface area (Å²) in [5.74, 6) is -1.29. The van der Waals surface area contributed by atoms with Crippen LogP contribution in [0.2, 0.25) is 0 Å². The fourth-order valence-electron chi connectivity index (χ4n) is 10.9. The van der Waals surface area contributed by atoms with Crippen LogP contribution in [0.1, 0.15) is 62.6 Å². The number of nitro benzene ring substituents is 12. The molecule has 10 aromatic rings. The quantitative estimate of drug-likeness (QED) is 0.0277. The zero-order chi connectivity index (χ0) is 84.2. The van der Waals surface area contributed by atoms with Gasteiger partial charge in [-0.15, -0.1) is 0 Å². The molecule has 45 nitrogen and oxygen atoms in total. The van der Waals surface area contributed by atoms with Gasteiger partial charge in [-0.3, -0.25) is 121 Å². The molecule has 0 aliphatic carbocycles. The lowest BCUT2D eigenvalue weighted by atomic mass is 10.0. The summed E-state index contributed by atoms with van der Waals surface area (Å²) in [4.78, 5) is 127. The van der Waals surface area contributed by atoms with Crippen molar-refractivity contribution in [3.63, 3.8) is 0 Å². The van der Waals surface area contributed by atoms with E-state index >= 15 is 0 Å². The van der Waals surface area contributed by atoms with Crippen LogP contribution >= 0.6 is 0 Å². The van der Waals surface area contributed by atoms with Crippen molar-refractivity contribution in [2.45, 2.75) is 72.8 Å². The van der Waals surface area contributed by atoms with Gasteiger partial charge in [0.05, 0.1) is 102 Å². The summed E-state index contributed by atoms with van der Waals surface area (Å²) in [6, 6.07) is 36.3. The number of rotatable bonds is 38. The van der Waals surface area contributed by atoms with Crippen LogP contribution in [0, 0.1) is 121 Å². The molecule has 596 valence electrons. The van der Waals surface area contributed by atoms with Gasteiger partial charge < -0.3 is 43.0 Å². The highest BCUT2D eigenvalue weighted by Gasteiger charge is 2.28. The highest BCUT2D eigenvalue weighted by molar-refractivity contribution is 5.58. The van der Waals surface area contributed by atoms with E-state index in [0.717, 1.165) is 115 Å². The van der Waals surface area contributed by atoms with Crippen LogP contribution in [0.15, 0.2) is 182 Å². The summed E-state index contributed by atoms with van der Waals surface area (Å²) in [6.07, 6.45) is 0.621. The van der Waals surface area contributed by atoms with Crippen molar-refractivity contribution in [1.82, 2.24) is 0 Å². The zero-order valence-electron chi connectivity index (χ0n) is 59.3. The molecule has 0 aromatic heterocycles. The van der Waals surface area contributed by atoms with E-state index in [4.69, 9.17) is 37.9 Å². The van der Waals surface area contributed by atoms with Gasteiger partial charge in [0.25, 0.3) is 34.1 Å². The molecule has 0 saturated carbocycles. The maximum Gasteiger partial charge on any atom is 0.317 e. The number of hydrogen-bond acceptors (Lipinski definition) is 33. The lowest BCUT2D eigenvalue weighted by molar-refractivity contribution is -0.395. The molecule has 10 aromatic carbocycles. The smallest absolute Gasteiger partial charge is 0.317 e. The summed E-state index contributed by atoms with van der Waals surface area (Å²) in [7, 11) is 0. The number of nitrogens with zero attached hydrogens (tertiary/aromatic N) is 12. The molecule has 0 aliphatic heterocycles. The average Bonchev–Trinajstić information content (AvgIpc) is 0.836. The Hall–Kier alpha value is -16.6. The highest BCUT2D eigenvalue weighted by atomic mass is 16.7. The Balaban J connectivity index is 0.000000355. The minimum Gasteiger partial charge on any atom is -0.489 e. The lowest BCUT2D eigenvalue weighted by Crippen LogP contribution is -2.06.